The molecule has 0 bridgehead atoms. The summed E-state index contributed by atoms with van der Waals surface area (Å²) < 4.78 is 47.4. The van der Waals surface area contributed by atoms with E-state index in [1.807, 2.05) is 0 Å². The molecule has 0 aromatic heterocycles. The average molecular weight is 347 g/mol. The Kier molecular flexibility index (Phi) is 5.76. The van der Waals surface area contributed by atoms with Crippen molar-refractivity contribution in [1.82, 2.24) is 9.80 Å². The Hall–Kier alpha value is -2.16. The van der Waals surface area contributed by atoms with Gasteiger partial charge in [-0.25, -0.2) is 4.79 Å². The molecule has 2 amide bonds. The number of anilines is 1. The molecule has 0 radical (unpaired) electrons. The molecule has 9 heteroatoms. The van der Waals surface area contributed by atoms with Crippen molar-refractivity contribution in [3.63, 3.8) is 0 Å². The highest BCUT2D eigenvalue weighted by Gasteiger charge is 2.32. The standard InChI is InChI=1S/C15H20F3N3O3/c1-23-12-7-11(8-13(9-12)24-2)19-14(22)21-5-3-20(4-6-21)10-15(16,17)18/h7-9H,3-6,10H2,1-2H3,(H,19,22). The molecule has 1 aromatic rings. The maximum Gasteiger partial charge on any atom is 0.401 e. The van der Waals surface area contributed by atoms with Crippen LogP contribution in [0.5, 0.6) is 11.5 Å². The van der Waals surface area contributed by atoms with Crippen LogP contribution in [-0.2, 0) is 0 Å². The van der Waals surface area contributed by atoms with Gasteiger partial charge in [0.15, 0.2) is 0 Å². The SMILES string of the molecule is COc1cc(NC(=O)N2CCN(CC(F)(F)F)CC2)cc(OC)c1. The van der Waals surface area contributed by atoms with E-state index in [1.54, 1.807) is 18.2 Å². The van der Waals surface area contributed by atoms with Crippen LogP contribution in [0.15, 0.2) is 18.2 Å². The molecule has 0 saturated carbocycles. The summed E-state index contributed by atoms with van der Waals surface area (Å²) in [7, 11) is 3.00. The zero-order chi connectivity index (χ0) is 17.7. The van der Waals surface area contributed by atoms with Gasteiger partial charge in [-0.2, -0.15) is 13.2 Å². The predicted octanol–water partition coefficient (Wildman–Crippen LogP) is 2.42. The number of rotatable bonds is 4. The van der Waals surface area contributed by atoms with Crippen molar-refractivity contribution >= 4 is 11.7 Å². The normalized spacial score (nSPS) is 16.0. The molecule has 1 N–H and O–H groups in total. The maximum absolute atomic E-state index is 12.4. The van der Waals surface area contributed by atoms with Crippen LogP contribution in [0.25, 0.3) is 0 Å². The number of nitrogens with one attached hydrogen (secondary N) is 1. The number of alkyl halides is 3. The summed E-state index contributed by atoms with van der Waals surface area (Å²) in [5.74, 6) is 1.05. The lowest BCUT2D eigenvalue weighted by Crippen LogP contribution is -2.51. The number of amides is 2. The highest BCUT2D eigenvalue weighted by Crippen LogP contribution is 2.26. The van der Waals surface area contributed by atoms with E-state index in [0.717, 1.165) is 0 Å². The van der Waals surface area contributed by atoms with E-state index in [2.05, 4.69) is 5.32 Å². The number of urea groups is 1. The van der Waals surface area contributed by atoms with E-state index in [1.165, 1.54) is 24.0 Å². The second-order valence-corrected chi connectivity index (χ2v) is 5.41. The molecule has 1 fully saturated rings. The highest BCUT2D eigenvalue weighted by atomic mass is 19.4. The Morgan fingerprint density at radius 3 is 2.08 bits per heavy atom. The van der Waals surface area contributed by atoms with Crippen LogP contribution in [0.4, 0.5) is 23.7 Å². The molecule has 24 heavy (non-hydrogen) atoms. The van der Waals surface area contributed by atoms with E-state index in [9.17, 15) is 18.0 Å². The first-order chi connectivity index (χ1) is 11.3. The Balaban J connectivity index is 1.92. The van der Waals surface area contributed by atoms with Gasteiger partial charge in [0.25, 0.3) is 0 Å². The fourth-order valence-corrected chi connectivity index (χ4v) is 2.44. The Bertz CT molecular complexity index is 551. The van der Waals surface area contributed by atoms with Crippen LogP contribution in [0, 0.1) is 0 Å². The minimum absolute atomic E-state index is 0.189. The minimum atomic E-state index is -4.22. The molecule has 2 rings (SSSR count). The van der Waals surface area contributed by atoms with Crippen LogP contribution in [-0.4, -0.2) is 69.0 Å². The van der Waals surface area contributed by atoms with Crippen molar-refractivity contribution in [3.8, 4) is 11.5 Å². The number of piperazine rings is 1. The number of methoxy groups -OCH3 is 2. The van der Waals surface area contributed by atoms with Gasteiger partial charge in [0, 0.05) is 50.1 Å². The molecular formula is C15H20F3N3O3. The number of hydrogen-bond acceptors (Lipinski definition) is 4. The van der Waals surface area contributed by atoms with E-state index in [4.69, 9.17) is 9.47 Å². The molecule has 1 aliphatic rings. The molecule has 1 saturated heterocycles. The van der Waals surface area contributed by atoms with Gasteiger partial charge < -0.3 is 19.7 Å². The summed E-state index contributed by atoms with van der Waals surface area (Å²) in [5.41, 5.74) is 0.494. The molecule has 1 aromatic carbocycles. The molecule has 0 aliphatic carbocycles. The first-order valence-corrected chi connectivity index (χ1v) is 7.39. The van der Waals surface area contributed by atoms with Gasteiger partial charge in [0.2, 0.25) is 0 Å². The van der Waals surface area contributed by atoms with Crippen LogP contribution in [0.2, 0.25) is 0 Å². The number of halogens is 3. The van der Waals surface area contributed by atoms with Crippen molar-refractivity contribution < 1.29 is 27.4 Å². The number of carbonyl (C=O) groups is 1. The molecule has 1 aliphatic heterocycles. The third-order valence-corrected chi connectivity index (χ3v) is 3.67. The summed E-state index contributed by atoms with van der Waals surface area (Å²) in [5, 5.41) is 2.71. The van der Waals surface area contributed by atoms with Crippen LogP contribution < -0.4 is 14.8 Å². The number of hydrogen-bond donors (Lipinski definition) is 1. The second kappa shape index (κ2) is 7.61. The lowest BCUT2D eigenvalue weighted by molar-refractivity contribution is -0.148. The number of benzene rings is 1. The zero-order valence-corrected chi connectivity index (χ0v) is 13.5. The minimum Gasteiger partial charge on any atom is -0.497 e. The van der Waals surface area contributed by atoms with Crippen molar-refractivity contribution in [1.29, 1.82) is 0 Å². The van der Waals surface area contributed by atoms with Crippen molar-refractivity contribution in [2.45, 2.75) is 6.18 Å². The van der Waals surface area contributed by atoms with Crippen LogP contribution in [0.1, 0.15) is 0 Å². The fraction of sp³-hybridized carbons (Fsp3) is 0.533. The largest absolute Gasteiger partial charge is 0.497 e. The van der Waals surface area contributed by atoms with Gasteiger partial charge in [-0.05, 0) is 0 Å². The summed E-state index contributed by atoms with van der Waals surface area (Å²) in [6.07, 6.45) is -4.22. The van der Waals surface area contributed by atoms with E-state index in [-0.39, 0.29) is 32.2 Å². The summed E-state index contributed by atoms with van der Waals surface area (Å²) in [6.45, 7) is -0.0930. The Morgan fingerprint density at radius 1 is 1.08 bits per heavy atom. The fourth-order valence-electron chi connectivity index (χ4n) is 2.44. The predicted molar refractivity (Wildman–Crippen MR) is 82.6 cm³/mol. The molecule has 0 unspecified atom stereocenters. The quantitative estimate of drug-likeness (QED) is 0.909. The third kappa shape index (κ3) is 5.19. The number of ether oxygens (including phenoxy) is 2. The maximum atomic E-state index is 12.4. The lowest BCUT2D eigenvalue weighted by atomic mass is 10.2. The molecular weight excluding hydrogens is 327 g/mol. The molecule has 0 atom stereocenters. The lowest BCUT2D eigenvalue weighted by Gasteiger charge is -2.34. The number of carbonyl (C=O) groups excluding carboxylic acids is 1. The van der Waals surface area contributed by atoms with Gasteiger partial charge in [0.05, 0.1) is 20.8 Å². The Morgan fingerprint density at radius 2 is 1.62 bits per heavy atom. The van der Waals surface area contributed by atoms with Crippen LogP contribution in [0.3, 0.4) is 0 Å². The summed E-state index contributed by atoms with van der Waals surface area (Å²) in [6, 6.07) is 4.59. The smallest absolute Gasteiger partial charge is 0.401 e. The van der Waals surface area contributed by atoms with Gasteiger partial charge in [0.1, 0.15) is 11.5 Å². The van der Waals surface area contributed by atoms with E-state index >= 15 is 0 Å². The van der Waals surface area contributed by atoms with E-state index in [0.29, 0.717) is 17.2 Å². The molecule has 134 valence electrons. The van der Waals surface area contributed by atoms with Gasteiger partial charge in [-0.15, -0.1) is 0 Å². The summed E-state index contributed by atoms with van der Waals surface area (Å²) in [4.78, 5) is 15.0. The first kappa shape index (κ1) is 18.2. The Labute approximate surface area is 138 Å². The van der Waals surface area contributed by atoms with Crippen molar-refractivity contribution in [3.05, 3.63) is 18.2 Å². The molecule has 6 nitrogen and oxygen atoms in total. The van der Waals surface area contributed by atoms with Gasteiger partial charge in [-0.1, -0.05) is 0 Å². The first-order valence-electron chi connectivity index (χ1n) is 7.39. The third-order valence-electron chi connectivity index (χ3n) is 3.67. The summed E-state index contributed by atoms with van der Waals surface area (Å²) >= 11 is 0. The van der Waals surface area contributed by atoms with Gasteiger partial charge >= 0.3 is 12.2 Å². The number of nitrogens with zero attached hydrogens (tertiary/aromatic N) is 2. The monoisotopic (exact) mass is 347 g/mol. The zero-order valence-electron chi connectivity index (χ0n) is 13.5. The van der Waals surface area contributed by atoms with Crippen LogP contribution >= 0.6 is 0 Å². The second-order valence-electron chi connectivity index (χ2n) is 5.41. The van der Waals surface area contributed by atoms with E-state index < -0.39 is 12.7 Å². The average Bonchev–Trinajstić information content (AvgIpc) is 2.53. The topological polar surface area (TPSA) is 54.0 Å². The van der Waals surface area contributed by atoms with Gasteiger partial charge in [-0.3, -0.25) is 4.90 Å². The van der Waals surface area contributed by atoms with Crippen molar-refractivity contribution in [2.24, 2.45) is 0 Å². The molecule has 0 spiro atoms. The van der Waals surface area contributed by atoms with Crippen molar-refractivity contribution in [2.75, 3.05) is 52.3 Å². The molecule has 1 heterocycles. The highest BCUT2D eigenvalue weighted by molar-refractivity contribution is 5.90.